The zero-order valence-corrected chi connectivity index (χ0v) is 26.0. The van der Waals surface area contributed by atoms with Crippen LogP contribution in [0.4, 0.5) is 10.7 Å². The maximum Gasteiger partial charge on any atom is 0.341 e. The summed E-state index contributed by atoms with van der Waals surface area (Å²) in [6.45, 7) is 4.31. The molecule has 3 aromatic rings. The summed E-state index contributed by atoms with van der Waals surface area (Å²) in [5.74, 6) is -3.30. The molecule has 230 valence electrons. The number of carbonyl (C=O) groups is 4. The van der Waals surface area contributed by atoms with E-state index in [1.807, 2.05) is 30.3 Å². The van der Waals surface area contributed by atoms with Gasteiger partial charge in [0.25, 0.3) is 0 Å². The van der Waals surface area contributed by atoms with Gasteiger partial charge < -0.3 is 20.5 Å². The van der Waals surface area contributed by atoms with E-state index in [-0.39, 0.29) is 24.2 Å². The van der Waals surface area contributed by atoms with Gasteiger partial charge in [0, 0.05) is 35.1 Å². The molecule has 1 aliphatic heterocycles. The number of aliphatic carboxylic acids is 1. The number of thioether (sulfide) groups is 1. The largest absolute Gasteiger partial charge is 0.481 e. The van der Waals surface area contributed by atoms with Gasteiger partial charge >= 0.3 is 11.9 Å². The molecule has 0 saturated heterocycles. The smallest absolute Gasteiger partial charge is 0.341 e. The number of carboxylic acids is 1. The van der Waals surface area contributed by atoms with Crippen LogP contribution in [-0.2, 0) is 38.6 Å². The zero-order chi connectivity index (χ0) is 31.1. The Kier molecular flexibility index (Phi) is 10.5. The normalized spacial score (nSPS) is 17.8. The molecule has 0 saturated carbocycles. The molecule has 2 atom stereocenters. The number of benzene rings is 2. The van der Waals surface area contributed by atoms with Crippen LogP contribution in [0.2, 0.25) is 0 Å². The number of ether oxygens (including phenoxy) is 1. The van der Waals surface area contributed by atoms with Crippen molar-refractivity contribution in [2.45, 2.75) is 44.2 Å². The lowest BCUT2D eigenvalue weighted by molar-refractivity contribution is -0.146. The van der Waals surface area contributed by atoms with E-state index >= 15 is 0 Å². The quantitative estimate of drug-likeness (QED) is 0.137. The molecule has 5 rings (SSSR count). The number of rotatable bonds is 11. The number of anilines is 2. The Hall–Kier alpha value is -3.93. The number of nitrogens with one attached hydrogen (secondary N) is 2. The highest BCUT2D eigenvalue weighted by molar-refractivity contribution is 8.00. The predicted octanol–water partition coefficient (Wildman–Crippen LogP) is 5.82. The van der Waals surface area contributed by atoms with E-state index in [1.54, 1.807) is 31.2 Å². The fourth-order valence-corrected chi connectivity index (χ4v) is 7.58. The van der Waals surface area contributed by atoms with Crippen molar-refractivity contribution >= 4 is 57.5 Å². The lowest BCUT2D eigenvalue weighted by atomic mass is 9.82. The topological polar surface area (TPSA) is 125 Å². The molecule has 9 nitrogen and oxygen atoms in total. The molecule has 0 spiro atoms. The highest BCUT2D eigenvalue weighted by Gasteiger charge is 2.34. The lowest BCUT2D eigenvalue weighted by Gasteiger charge is -2.27. The van der Waals surface area contributed by atoms with Gasteiger partial charge in [0.05, 0.1) is 29.8 Å². The Balaban J connectivity index is 1.22. The Morgan fingerprint density at radius 2 is 1.80 bits per heavy atom. The van der Waals surface area contributed by atoms with Crippen molar-refractivity contribution in [2.24, 2.45) is 11.8 Å². The van der Waals surface area contributed by atoms with Crippen LogP contribution in [0.5, 0.6) is 0 Å². The first-order chi connectivity index (χ1) is 21.3. The van der Waals surface area contributed by atoms with Crippen LogP contribution in [0.25, 0.3) is 0 Å². The van der Waals surface area contributed by atoms with Gasteiger partial charge in [0.1, 0.15) is 5.00 Å². The second-order valence-corrected chi connectivity index (χ2v) is 12.9. The molecular weight excluding hydrogens is 599 g/mol. The number of hydrogen-bond acceptors (Lipinski definition) is 8. The van der Waals surface area contributed by atoms with Crippen LogP contribution in [-0.4, -0.2) is 52.7 Å². The first-order valence-corrected chi connectivity index (χ1v) is 16.4. The number of hydrogen-bond donors (Lipinski definition) is 3. The summed E-state index contributed by atoms with van der Waals surface area (Å²) in [5, 5.41) is 15.8. The van der Waals surface area contributed by atoms with E-state index in [4.69, 9.17) is 4.74 Å². The third kappa shape index (κ3) is 7.77. The summed E-state index contributed by atoms with van der Waals surface area (Å²) >= 11 is 2.73. The van der Waals surface area contributed by atoms with Gasteiger partial charge in [-0.25, -0.2) is 4.79 Å². The van der Waals surface area contributed by atoms with Crippen LogP contribution in [0.1, 0.15) is 46.1 Å². The average Bonchev–Trinajstić information content (AvgIpc) is 3.37. The number of carboxylic acid groups (broad SMARTS) is 1. The number of thiophene rings is 1. The Labute approximate surface area is 264 Å². The average molecular weight is 634 g/mol. The van der Waals surface area contributed by atoms with Crippen LogP contribution >= 0.6 is 23.1 Å². The number of esters is 1. The fraction of sp³-hybridized carbons (Fsp3) is 0.333. The van der Waals surface area contributed by atoms with Crippen LogP contribution in [0.15, 0.2) is 71.6 Å². The maximum atomic E-state index is 13.1. The molecule has 0 bridgehead atoms. The predicted molar refractivity (Wildman–Crippen MR) is 172 cm³/mol. The van der Waals surface area contributed by atoms with Gasteiger partial charge in [0.15, 0.2) is 0 Å². The minimum absolute atomic E-state index is 0.0941. The second kappa shape index (κ2) is 14.7. The van der Waals surface area contributed by atoms with Crippen molar-refractivity contribution in [3.8, 4) is 0 Å². The number of carbonyl (C=O) groups excluding carboxylic acids is 3. The molecule has 1 aliphatic carbocycles. The van der Waals surface area contributed by atoms with Gasteiger partial charge in [-0.15, -0.1) is 23.1 Å². The summed E-state index contributed by atoms with van der Waals surface area (Å²) in [4.78, 5) is 54.7. The monoisotopic (exact) mass is 633 g/mol. The summed E-state index contributed by atoms with van der Waals surface area (Å²) in [7, 11) is 0. The first kappa shape index (κ1) is 31.5. The molecule has 2 aliphatic rings. The van der Waals surface area contributed by atoms with Gasteiger partial charge in [-0.05, 0) is 55.5 Å². The van der Waals surface area contributed by atoms with E-state index in [0.29, 0.717) is 42.1 Å². The molecule has 2 heterocycles. The first-order valence-electron chi connectivity index (χ1n) is 14.6. The molecule has 3 N–H and O–H groups in total. The maximum absolute atomic E-state index is 13.1. The Morgan fingerprint density at radius 3 is 2.55 bits per heavy atom. The highest BCUT2D eigenvalue weighted by atomic mass is 32.2. The third-order valence-electron chi connectivity index (χ3n) is 7.68. The molecule has 2 unspecified atom stereocenters. The molecule has 44 heavy (non-hydrogen) atoms. The van der Waals surface area contributed by atoms with Crippen molar-refractivity contribution in [2.75, 3.05) is 29.5 Å². The SMILES string of the molecule is CCOC(=O)c1c(NC(=O)CSc2cccc(NC(=O)C3CC=CCC3C(=O)O)c2)sc2c1CCN(Cc1ccccc1)C2. The van der Waals surface area contributed by atoms with E-state index in [2.05, 4.69) is 27.7 Å². The molecule has 0 fully saturated rings. The fourth-order valence-electron chi connectivity index (χ4n) is 5.53. The molecule has 1 aromatic heterocycles. The number of amides is 2. The van der Waals surface area contributed by atoms with Gasteiger partial charge in [-0.3, -0.25) is 19.3 Å². The molecular formula is C33H35N3O6S2. The Bertz CT molecular complexity index is 1550. The van der Waals surface area contributed by atoms with E-state index in [1.165, 1.54) is 28.7 Å². The van der Waals surface area contributed by atoms with Crippen molar-refractivity contribution in [3.05, 3.63) is 88.3 Å². The molecule has 2 aromatic carbocycles. The minimum atomic E-state index is -0.980. The van der Waals surface area contributed by atoms with Crippen LogP contribution in [0.3, 0.4) is 0 Å². The molecule has 2 amide bonds. The van der Waals surface area contributed by atoms with Crippen molar-refractivity contribution in [1.82, 2.24) is 4.90 Å². The number of fused-ring (bicyclic) bond motifs is 1. The van der Waals surface area contributed by atoms with E-state index in [0.717, 1.165) is 28.4 Å². The minimum Gasteiger partial charge on any atom is -0.481 e. The number of nitrogens with zero attached hydrogens (tertiary/aromatic N) is 1. The van der Waals surface area contributed by atoms with Crippen molar-refractivity contribution in [1.29, 1.82) is 0 Å². The van der Waals surface area contributed by atoms with Gasteiger partial charge in [-0.1, -0.05) is 48.6 Å². The van der Waals surface area contributed by atoms with Crippen LogP contribution < -0.4 is 10.6 Å². The van der Waals surface area contributed by atoms with Gasteiger partial charge in [-0.2, -0.15) is 0 Å². The molecule has 0 radical (unpaired) electrons. The highest BCUT2D eigenvalue weighted by Crippen LogP contribution is 2.38. The molecule has 11 heteroatoms. The summed E-state index contributed by atoms with van der Waals surface area (Å²) in [6.07, 6.45) is 5.04. The van der Waals surface area contributed by atoms with E-state index < -0.39 is 23.8 Å². The lowest BCUT2D eigenvalue weighted by Crippen LogP contribution is -2.34. The summed E-state index contributed by atoms with van der Waals surface area (Å²) < 4.78 is 5.36. The number of allylic oxidation sites excluding steroid dienone is 2. The third-order valence-corrected chi connectivity index (χ3v) is 9.80. The van der Waals surface area contributed by atoms with Crippen molar-refractivity contribution in [3.63, 3.8) is 0 Å². The van der Waals surface area contributed by atoms with Gasteiger partial charge in [0.2, 0.25) is 11.8 Å². The van der Waals surface area contributed by atoms with E-state index in [9.17, 15) is 24.3 Å². The standard InChI is InChI=1S/C33H35N3O6S2/c1-2-42-33(41)29-26-15-16-36(18-21-9-4-3-5-10-21)19-27(26)44-31(29)35-28(37)20-43-23-12-8-11-22(17-23)34-30(38)24-13-6-7-14-25(24)32(39)40/h3-12,17,24-25H,2,13-16,18-20H2,1H3,(H,34,38)(H,35,37)(H,39,40). The summed E-state index contributed by atoms with van der Waals surface area (Å²) in [6, 6.07) is 17.4. The van der Waals surface area contributed by atoms with Crippen LogP contribution in [0, 0.1) is 11.8 Å². The van der Waals surface area contributed by atoms with Crippen molar-refractivity contribution < 1.29 is 29.0 Å². The summed E-state index contributed by atoms with van der Waals surface area (Å²) in [5.41, 5.74) is 3.16. The Morgan fingerprint density at radius 1 is 1.02 bits per heavy atom. The zero-order valence-electron chi connectivity index (χ0n) is 24.4. The second-order valence-electron chi connectivity index (χ2n) is 10.7.